The summed E-state index contributed by atoms with van der Waals surface area (Å²) in [6.07, 6.45) is 6.86. The summed E-state index contributed by atoms with van der Waals surface area (Å²) in [5.41, 5.74) is 2.54. The molecule has 2 atom stereocenters. The second kappa shape index (κ2) is 9.44. The van der Waals surface area contributed by atoms with Gasteiger partial charge in [0, 0.05) is 24.6 Å². The van der Waals surface area contributed by atoms with Gasteiger partial charge in [0.25, 0.3) is 0 Å². The lowest BCUT2D eigenvalue weighted by atomic mass is 9.90. The highest BCUT2D eigenvalue weighted by molar-refractivity contribution is 5.43. The van der Waals surface area contributed by atoms with Crippen LogP contribution in [-0.4, -0.2) is 37.0 Å². The summed E-state index contributed by atoms with van der Waals surface area (Å²) in [4.78, 5) is 0. The Morgan fingerprint density at radius 2 is 1.89 bits per heavy atom. The van der Waals surface area contributed by atoms with Gasteiger partial charge in [0.1, 0.15) is 24.2 Å². The number of nitrogens with one attached hydrogen (secondary N) is 1. The van der Waals surface area contributed by atoms with Crippen LogP contribution in [0.4, 0.5) is 0 Å². The fourth-order valence-electron chi connectivity index (χ4n) is 4.24. The van der Waals surface area contributed by atoms with Crippen molar-refractivity contribution in [3.05, 3.63) is 59.7 Å². The number of hydrogen-bond donors (Lipinski definition) is 2. The van der Waals surface area contributed by atoms with Crippen LogP contribution in [0.5, 0.6) is 11.5 Å². The number of rotatable bonds is 7. The Hall–Kier alpha value is -2.04. The van der Waals surface area contributed by atoms with E-state index in [0.717, 1.165) is 17.9 Å². The molecule has 4 nitrogen and oxygen atoms in total. The predicted molar refractivity (Wildman–Crippen MR) is 111 cm³/mol. The Morgan fingerprint density at radius 1 is 1.07 bits per heavy atom. The average Bonchev–Trinajstić information content (AvgIpc) is 2.77. The first-order valence-corrected chi connectivity index (χ1v) is 10.6. The Bertz CT molecular complexity index is 743. The minimum atomic E-state index is -0.499. The summed E-state index contributed by atoms with van der Waals surface area (Å²) in [6.45, 7) is 1.57. The molecule has 1 aliphatic carbocycles. The Balaban J connectivity index is 1.26. The molecule has 2 N–H and O–H groups in total. The van der Waals surface area contributed by atoms with E-state index < -0.39 is 6.10 Å². The zero-order chi connectivity index (χ0) is 19.2. The lowest BCUT2D eigenvalue weighted by Crippen LogP contribution is -2.38. The fraction of sp³-hybridized carbons (Fsp3) is 0.500. The highest BCUT2D eigenvalue weighted by Gasteiger charge is 2.22. The van der Waals surface area contributed by atoms with Crippen LogP contribution in [0.25, 0.3) is 0 Å². The highest BCUT2D eigenvalue weighted by Crippen LogP contribution is 2.34. The van der Waals surface area contributed by atoms with Crippen molar-refractivity contribution in [3.8, 4) is 11.5 Å². The molecule has 1 saturated carbocycles. The minimum Gasteiger partial charge on any atom is -0.493 e. The van der Waals surface area contributed by atoms with Gasteiger partial charge >= 0.3 is 0 Å². The van der Waals surface area contributed by atoms with Crippen LogP contribution >= 0.6 is 0 Å². The molecule has 0 amide bonds. The van der Waals surface area contributed by atoms with Gasteiger partial charge in [-0.25, -0.2) is 0 Å². The third kappa shape index (κ3) is 5.06. The van der Waals surface area contributed by atoms with Crippen LogP contribution in [0, 0.1) is 0 Å². The van der Waals surface area contributed by atoms with E-state index >= 15 is 0 Å². The lowest BCUT2D eigenvalue weighted by Gasteiger charge is -2.26. The lowest BCUT2D eigenvalue weighted by molar-refractivity contribution is 0.101. The molecule has 0 saturated heterocycles. The fourth-order valence-corrected chi connectivity index (χ4v) is 4.24. The Labute approximate surface area is 167 Å². The van der Waals surface area contributed by atoms with Crippen molar-refractivity contribution >= 4 is 0 Å². The van der Waals surface area contributed by atoms with E-state index in [1.807, 2.05) is 18.2 Å². The van der Waals surface area contributed by atoms with Gasteiger partial charge in [-0.3, -0.25) is 0 Å². The van der Waals surface area contributed by atoms with Gasteiger partial charge in [-0.05, 0) is 36.5 Å². The van der Waals surface area contributed by atoms with Gasteiger partial charge in [-0.1, -0.05) is 55.7 Å². The summed E-state index contributed by atoms with van der Waals surface area (Å²) in [5.74, 6) is 2.06. The topological polar surface area (TPSA) is 50.7 Å². The molecule has 1 aliphatic heterocycles. The maximum absolute atomic E-state index is 10.2. The maximum atomic E-state index is 10.2. The van der Waals surface area contributed by atoms with E-state index in [2.05, 4.69) is 35.6 Å². The molecule has 2 aromatic carbocycles. The summed E-state index contributed by atoms with van der Waals surface area (Å²) in [6, 6.07) is 17.1. The molecule has 2 aliphatic rings. The number of fused-ring (bicyclic) bond motifs is 1. The number of aliphatic hydroxyl groups is 1. The van der Waals surface area contributed by atoms with Gasteiger partial charge in [-0.2, -0.15) is 0 Å². The quantitative estimate of drug-likeness (QED) is 0.759. The molecule has 2 aromatic rings. The first-order valence-electron chi connectivity index (χ1n) is 10.6. The predicted octanol–water partition coefficient (Wildman–Crippen LogP) is 4.07. The number of benzene rings is 2. The van der Waals surface area contributed by atoms with Crippen molar-refractivity contribution in [2.24, 2.45) is 0 Å². The second-order valence-electron chi connectivity index (χ2n) is 8.10. The largest absolute Gasteiger partial charge is 0.493 e. The van der Waals surface area contributed by atoms with Crippen molar-refractivity contribution in [3.63, 3.8) is 0 Å². The number of ether oxygens (including phenoxy) is 2. The third-order valence-electron chi connectivity index (χ3n) is 5.91. The second-order valence-corrected chi connectivity index (χ2v) is 8.10. The normalized spacial score (nSPS) is 20.8. The molecule has 150 valence electrons. The van der Waals surface area contributed by atoms with Crippen LogP contribution in [0.1, 0.15) is 49.1 Å². The van der Waals surface area contributed by atoms with Crippen LogP contribution in [0.3, 0.4) is 0 Å². The van der Waals surface area contributed by atoms with Gasteiger partial charge in [-0.15, -0.1) is 0 Å². The summed E-state index contributed by atoms with van der Waals surface area (Å²) in [7, 11) is 0. The number of aliphatic hydroxyl groups excluding tert-OH is 1. The molecular weight excluding hydrogens is 350 g/mol. The Morgan fingerprint density at radius 3 is 2.71 bits per heavy atom. The van der Waals surface area contributed by atoms with Crippen molar-refractivity contribution < 1.29 is 14.6 Å². The third-order valence-corrected chi connectivity index (χ3v) is 5.91. The van der Waals surface area contributed by atoms with E-state index in [4.69, 9.17) is 9.47 Å². The minimum absolute atomic E-state index is 0.297. The zero-order valence-corrected chi connectivity index (χ0v) is 16.5. The van der Waals surface area contributed by atoms with E-state index in [1.54, 1.807) is 0 Å². The van der Waals surface area contributed by atoms with E-state index in [0.29, 0.717) is 31.7 Å². The molecule has 28 heavy (non-hydrogen) atoms. The van der Waals surface area contributed by atoms with E-state index in [1.165, 1.54) is 43.2 Å². The maximum Gasteiger partial charge on any atom is 0.126 e. The molecule has 4 heteroatoms. The van der Waals surface area contributed by atoms with Crippen LogP contribution < -0.4 is 14.8 Å². The van der Waals surface area contributed by atoms with E-state index in [-0.39, 0.29) is 0 Å². The smallest absolute Gasteiger partial charge is 0.126 e. The monoisotopic (exact) mass is 381 g/mol. The highest BCUT2D eigenvalue weighted by atomic mass is 16.5. The first kappa shape index (κ1) is 19.3. The van der Waals surface area contributed by atoms with Crippen molar-refractivity contribution in [1.82, 2.24) is 5.32 Å². The zero-order valence-electron chi connectivity index (χ0n) is 16.5. The van der Waals surface area contributed by atoms with Gasteiger partial charge in [0.15, 0.2) is 0 Å². The number of hydrogen-bond acceptors (Lipinski definition) is 4. The molecule has 0 bridgehead atoms. The van der Waals surface area contributed by atoms with Gasteiger partial charge in [0.05, 0.1) is 6.61 Å². The van der Waals surface area contributed by atoms with E-state index in [9.17, 15) is 5.11 Å². The summed E-state index contributed by atoms with van der Waals surface area (Å²) >= 11 is 0. The molecule has 0 aromatic heterocycles. The molecule has 0 radical (unpaired) electrons. The summed E-state index contributed by atoms with van der Waals surface area (Å²) < 4.78 is 11.8. The Kier molecular flexibility index (Phi) is 6.50. The molecule has 1 fully saturated rings. The molecule has 1 heterocycles. The van der Waals surface area contributed by atoms with Crippen LogP contribution in [-0.2, 0) is 6.42 Å². The van der Waals surface area contributed by atoms with Gasteiger partial charge < -0.3 is 19.9 Å². The van der Waals surface area contributed by atoms with Crippen molar-refractivity contribution in [1.29, 1.82) is 0 Å². The van der Waals surface area contributed by atoms with Crippen molar-refractivity contribution in [2.45, 2.75) is 56.6 Å². The molecular formula is C24H31NO3. The standard InChI is InChI=1S/C24H31NO3/c26-22(15-25-21-9-5-2-6-10-21)17-27-23-12-11-19-13-20(16-28-24(19)14-23)18-7-3-1-4-8-18/h1,3-4,7-8,11-12,14,20-22,25-26H,2,5-6,9-10,13,15-17H2. The van der Waals surface area contributed by atoms with Crippen LogP contribution in [0.15, 0.2) is 48.5 Å². The van der Waals surface area contributed by atoms with Gasteiger partial charge in [0.2, 0.25) is 0 Å². The molecule has 2 unspecified atom stereocenters. The summed E-state index contributed by atoms with van der Waals surface area (Å²) in [5, 5.41) is 13.7. The molecule has 4 rings (SSSR count). The SMILES string of the molecule is OC(CNC1CCCCC1)COc1ccc2c(c1)OCC(c1ccccc1)C2. The average molecular weight is 382 g/mol. The molecule has 0 spiro atoms. The van der Waals surface area contributed by atoms with Crippen molar-refractivity contribution in [2.75, 3.05) is 19.8 Å². The van der Waals surface area contributed by atoms with Crippen LogP contribution in [0.2, 0.25) is 0 Å². The first-order chi connectivity index (χ1) is 13.8.